The number of nitrogens with zero attached hydrogens (tertiary/aromatic N) is 3. The minimum absolute atomic E-state index is 0.0195. The molecule has 0 radical (unpaired) electrons. The molecular weight excluding hydrogens is 326 g/mol. The normalized spacial score (nSPS) is 17.7. The van der Waals surface area contributed by atoms with Gasteiger partial charge in [0, 0.05) is 25.0 Å². The number of aliphatic carboxylic acids is 1. The smallest absolute Gasteiger partial charge is 0.334 e. The molecule has 8 heteroatoms. The molecule has 8 nitrogen and oxygen atoms in total. The number of carboxylic acid groups (broad SMARTS) is 1. The number of carbonyl (C=O) groups is 2. The predicted octanol–water partition coefficient (Wildman–Crippen LogP) is 0.650. The quantitative estimate of drug-likeness (QED) is 0.876. The molecule has 1 fully saturated rings. The molecule has 3 heterocycles. The van der Waals surface area contributed by atoms with Crippen LogP contribution in [0.3, 0.4) is 0 Å². The Hall–Kier alpha value is -2.74. The van der Waals surface area contributed by atoms with Gasteiger partial charge in [0.15, 0.2) is 6.10 Å². The Bertz CT molecular complexity index is 905. The number of carboxylic acids is 1. The molecule has 0 bridgehead atoms. The van der Waals surface area contributed by atoms with E-state index in [1.807, 2.05) is 13.8 Å². The summed E-state index contributed by atoms with van der Waals surface area (Å²) in [5.74, 6) is -1.61. The molecule has 0 saturated carbocycles. The van der Waals surface area contributed by atoms with Crippen LogP contribution in [0, 0.1) is 6.92 Å². The minimum Gasteiger partial charge on any atom is -0.479 e. The number of fused-ring (bicyclic) bond motifs is 1. The lowest BCUT2D eigenvalue weighted by molar-refractivity contribution is -0.154. The highest BCUT2D eigenvalue weighted by Gasteiger charge is 2.31. The predicted molar refractivity (Wildman–Crippen MR) is 89.7 cm³/mol. The van der Waals surface area contributed by atoms with E-state index in [9.17, 15) is 14.4 Å². The minimum atomic E-state index is -1.12. The molecule has 1 atom stereocenters. The van der Waals surface area contributed by atoms with E-state index in [4.69, 9.17) is 9.84 Å². The van der Waals surface area contributed by atoms with Crippen LogP contribution in [0.1, 0.15) is 23.0 Å². The van der Waals surface area contributed by atoms with Crippen LogP contribution >= 0.6 is 0 Å². The van der Waals surface area contributed by atoms with Crippen LogP contribution in [0.2, 0.25) is 0 Å². The van der Waals surface area contributed by atoms with Crippen molar-refractivity contribution in [2.24, 2.45) is 0 Å². The van der Waals surface area contributed by atoms with E-state index in [1.165, 1.54) is 11.1 Å². The summed E-state index contributed by atoms with van der Waals surface area (Å²) in [6.45, 7) is 4.58. The van der Waals surface area contributed by atoms with Crippen molar-refractivity contribution in [1.82, 2.24) is 14.5 Å². The van der Waals surface area contributed by atoms with Crippen molar-refractivity contribution in [2.75, 3.05) is 19.7 Å². The zero-order valence-corrected chi connectivity index (χ0v) is 14.1. The van der Waals surface area contributed by atoms with Crippen LogP contribution < -0.4 is 5.43 Å². The second kappa shape index (κ2) is 6.64. The lowest BCUT2D eigenvalue weighted by Crippen LogP contribution is -2.49. The highest BCUT2D eigenvalue weighted by molar-refractivity contribution is 5.97. The summed E-state index contributed by atoms with van der Waals surface area (Å²) in [7, 11) is 0. The van der Waals surface area contributed by atoms with Crippen LogP contribution in [0.4, 0.5) is 0 Å². The third kappa shape index (κ3) is 3.12. The van der Waals surface area contributed by atoms with Gasteiger partial charge in [-0.25, -0.2) is 9.78 Å². The number of ether oxygens (including phenoxy) is 1. The molecule has 0 aromatic carbocycles. The fraction of sp³-hybridized carbons (Fsp3) is 0.412. The Morgan fingerprint density at radius 2 is 2.16 bits per heavy atom. The summed E-state index contributed by atoms with van der Waals surface area (Å²) in [6, 6.07) is 3.40. The van der Waals surface area contributed by atoms with E-state index in [0.717, 1.165) is 5.69 Å². The van der Waals surface area contributed by atoms with Crippen LogP contribution in [0.15, 0.2) is 23.1 Å². The van der Waals surface area contributed by atoms with E-state index in [1.54, 1.807) is 16.7 Å². The van der Waals surface area contributed by atoms with Gasteiger partial charge in [0.05, 0.1) is 18.5 Å². The summed E-state index contributed by atoms with van der Waals surface area (Å²) in [5, 5.41) is 9.45. The third-order valence-electron chi connectivity index (χ3n) is 4.26. The molecule has 2 aromatic rings. The van der Waals surface area contributed by atoms with Crippen LogP contribution in [-0.2, 0) is 16.1 Å². The van der Waals surface area contributed by atoms with Gasteiger partial charge in [0.25, 0.3) is 5.91 Å². The standard InChI is InChI=1S/C17H19N3O5/c1-3-19-8-12(14(21)11-5-4-10(2)18-15(11)19)16(22)20-6-7-25-13(9-20)17(23)24/h4-5,8,13H,3,6-7,9H2,1-2H3,(H,23,24)/t13-/m1/s1. The number of morpholine rings is 1. The van der Waals surface area contributed by atoms with Gasteiger partial charge in [-0.05, 0) is 26.0 Å². The Balaban J connectivity index is 2.05. The number of hydrogen-bond donors (Lipinski definition) is 1. The van der Waals surface area contributed by atoms with Gasteiger partial charge >= 0.3 is 5.97 Å². The average molecular weight is 345 g/mol. The van der Waals surface area contributed by atoms with E-state index in [-0.39, 0.29) is 25.3 Å². The zero-order chi connectivity index (χ0) is 18.1. The number of aromatic nitrogens is 2. The Morgan fingerprint density at radius 3 is 2.84 bits per heavy atom. The van der Waals surface area contributed by atoms with Crippen molar-refractivity contribution in [3.63, 3.8) is 0 Å². The molecule has 3 rings (SSSR count). The van der Waals surface area contributed by atoms with Gasteiger partial charge in [-0.3, -0.25) is 9.59 Å². The van der Waals surface area contributed by atoms with Gasteiger partial charge in [0.2, 0.25) is 5.43 Å². The second-order valence-corrected chi connectivity index (χ2v) is 5.93. The van der Waals surface area contributed by atoms with Crippen molar-refractivity contribution in [3.05, 3.63) is 39.8 Å². The number of aryl methyl sites for hydroxylation is 2. The first-order valence-electron chi connectivity index (χ1n) is 8.07. The Morgan fingerprint density at radius 1 is 1.40 bits per heavy atom. The molecule has 0 spiro atoms. The van der Waals surface area contributed by atoms with E-state index in [0.29, 0.717) is 17.6 Å². The van der Waals surface area contributed by atoms with E-state index >= 15 is 0 Å². The molecule has 0 aliphatic carbocycles. The van der Waals surface area contributed by atoms with Crippen molar-refractivity contribution >= 4 is 22.9 Å². The first-order valence-corrected chi connectivity index (χ1v) is 8.07. The monoisotopic (exact) mass is 345 g/mol. The van der Waals surface area contributed by atoms with Crippen molar-refractivity contribution < 1.29 is 19.4 Å². The largest absolute Gasteiger partial charge is 0.479 e. The molecule has 1 amide bonds. The highest BCUT2D eigenvalue weighted by Crippen LogP contribution is 2.14. The van der Waals surface area contributed by atoms with Crippen LogP contribution in [0.5, 0.6) is 0 Å². The number of amides is 1. The second-order valence-electron chi connectivity index (χ2n) is 5.93. The number of rotatable bonds is 3. The lowest BCUT2D eigenvalue weighted by atomic mass is 10.1. The topological polar surface area (TPSA) is 102 Å². The van der Waals surface area contributed by atoms with Crippen molar-refractivity contribution in [2.45, 2.75) is 26.5 Å². The highest BCUT2D eigenvalue weighted by atomic mass is 16.5. The maximum absolute atomic E-state index is 12.8. The SMILES string of the molecule is CCn1cc(C(=O)N2CCO[C@@H](C(=O)O)C2)c(=O)c2ccc(C)nc21. The molecule has 1 aliphatic heterocycles. The molecular formula is C17H19N3O5. The van der Waals surface area contributed by atoms with Gasteiger partial charge in [-0.2, -0.15) is 0 Å². The molecule has 132 valence electrons. The lowest BCUT2D eigenvalue weighted by Gasteiger charge is -2.30. The van der Waals surface area contributed by atoms with Gasteiger partial charge in [-0.1, -0.05) is 0 Å². The number of carbonyl (C=O) groups excluding carboxylic acids is 1. The van der Waals surface area contributed by atoms with E-state index in [2.05, 4.69) is 4.98 Å². The van der Waals surface area contributed by atoms with Gasteiger partial charge < -0.3 is 19.3 Å². The fourth-order valence-corrected chi connectivity index (χ4v) is 2.91. The zero-order valence-electron chi connectivity index (χ0n) is 14.1. The van der Waals surface area contributed by atoms with Gasteiger partial charge in [-0.15, -0.1) is 0 Å². The molecule has 25 heavy (non-hydrogen) atoms. The van der Waals surface area contributed by atoms with Crippen molar-refractivity contribution in [1.29, 1.82) is 0 Å². The number of hydrogen-bond acceptors (Lipinski definition) is 5. The van der Waals surface area contributed by atoms with Crippen LogP contribution in [-0.4, -0.2) is 57.2 Å². The summed E-state index contributed by atoms with van der Waals surface area (Å²) in [6.07, 6.45) is 0.431. The summed E-state index contributed by atoms with van der Waals surface area (Å²) >= 11 is 0. The van der Waals surface area contributed by atoms with Crippen molar-refractivity contribution in [3.8, 4) is 0 Å². The number of pyridine rings is 2. The maximum atomic E-state index is 12.8. The molecule has 1 N–H and O–H groups in total. The maximum Gasteiger partial charge on any atom is 0.334 e. The first kappa shape index (κ1) is 17.1. The molecule has 1 aliphatic rings. The fourth-order valence-electron chi connectivity index (χ4n) is 2.91. The Kier molecular flexibility index (Phi) is 4.54. The first-order chi connectivity index (χ1) is 11.9. The van der Waals surface area contributed by atoms with Crippen LogP contribution in [0.25, 0.3) is 11.0 Å². The van der Waals surface area contributed by atoms with Gasteiger partial charge in [0.1, 0.15) is 11.2 Å². The Labute approximate surface area is 143 Å². The summed E-state index contributed by atoms with van der Waals surface area (Å²) in [4.78, 5) is 42.4. The average Bonchev–Trinajstić information content (AvgIpc) is 2.61. The third-order valence-corrected chi connectivity index (χ3v) is 4.26. The molecule has 2 aromatic heterocycles. The molecule has 0 unspecified atom stereocenters. The summed E-state index contributed by atoms with van der Waals surface area (Å²) < 4.78 is 6.88. The summed E-state index contributed by atoms with van der Waals surface area (Å²) in [5.41, 5.74) is 0.946. The van der Waals surface area contributed by atoms with E-state index < -0.39 is 23.4 Å². The molecule has 1 saturated heterocycles.